The molecule has 3 aromatic rings. The Morgan fingerprint density at radius 2 is 1.75 bits per heavy atom. The molecule has 0 saturated heterocycles. The lowest BCUT2D eigenvalue weighted by molar-refractivity contribution is -0.118. The van der Waals surface area contributed by atoms with Gasteiger partial charge in [0.25, 0.3) is 11.8 Å². The summed E-state index contributed by atoms with van der Waals surface area (Å²) in [5.41, 5.74) is 5.04. The number of nitrogens with zero attached hydrogens (tertiary/aromatic N) is 1. The van der Waals surface area contributed by atoms with Crippen LogP contribution in [0.4, 0.5) is 5.69 Å². The predicted octanol–water partition coefficient (Wildman–Crippen LogP) is 5.95. The molecule has 0 aromatic heterocycles. The van der Waals surface area contributed by atoms with Crippen molar-refractivity contribution in [3.05, 3.63) is 91.3 Å². The topological polar surface area (TPSA) is 79.8 Å². The molecule has 9 heteroatoms. The Labute approximate surface area is 207 Å². The average Bonchev–Trinajstić information content (AvgIpc) is 2.76. The minimum Gasteiger partial charge on any atom is -0.483 e. The fraction of sp³-hybridized carbons (Fsp3) is 0.0870. The number of hydrazone groups is 1. The number of rotatable bonds is 7. The number of aryl methyl sites for hydroxylation is 1. The number of carbonyl (C=O) groups is 2. The van der Waals surface area contributed by atoms with E-state index in [9.17, 15) is 9.59 Å². The van der Waals surface area contributed by atoms with Crippen LogP contribution in [-0.4, -0.2) is 24.6 Å². The predicted molar refractivity (Wildman–Crippen MR) is 134 cm³/mol. The molecule has 0 heterocycles. The smallest absolute Gasteiger partial charge is 0.271 e. The summed E-state index contributed by atoms with van der Waals surface area (Å²) in [6.45, 7) is 1.67. The molecule has 0 radical (unpaired) electrons. The third-order valence-corrected chi connectivity index (χ3v) is 5.69. The van der Waals surface area contributed by atoms with E-state index in [0.717, 1.165) is 14.5 Å². The Kier molecular flexibility index (Phi) is 8.44. The minimum atomic E-state index is -0.345. The summed E-state index contributed by atoms with van der Waals surface area (Å²) in [6, 6.07) is 17.4. The Balaban J connectivity index is 1.62. The van der Waals surface area contributed by atoms with Gasteiger partial charge in [-0.3, -0.25) is 9.59 Å². The van der Waals surface area contributed by atoms with Gasteiger partial charge < -0.3 is 10.1 Å². The molecule has 164 valence electrons. The Hall–Kier alpha value is -2.68. The number of benzene rings is 3. The summed E-state index contributed by atoms with van der Waals surface area (Å²) < 4.78 is 7.33. The summed E-state index contributed by atoms with van der Waals surface area (Å²) in [5.74, 6) is -0.242. The van der Waals surface area contributed by atoms with Gasteiger partial charge in [-0.2, -0.15) is 5.10 Å². The molecule has 3 aromatic carbocycles. The summed E-state index contributed by atoms with van der Waals surface area (Å²) in [7, 11) is 0. The fourth-order valence-electron chi connectivity index (χ4n) is 2.59. The average molecular weight is 580 g/mol. The van der Waals surface area contributed by atoms with Gasteiger partial charge in [-0.25, -0.2) is 5.43 Å². The monoisotopic (exact) mass is 577 g/mol. The van der Waals surface area contributed by atoms with Crippen LogP contribution in [0.3, 0.4) is 0 Å². The maximum Gasteiger partial charge on any atom is 0.271 e. The normalized spacial score (nSPS) is 10.8. The molecule has 0 aliphatic heterocycles. The zero-order valence-corrected chi connectivity index (χ0v) is 20.8. The van der Waals surface area contributed by atoms with Gasteiger partial charge in [0.05, 0.1) is 6.21 Å². The van der Waals surface area contributed by atoms with Crippen molar-refractivity contribution in [3.8, 4) is 5.75 Å². The van der Waals surface area contributed by atoms with Crippen LogP contribution in [0.25, 0.3) is 0 Å². The molecule has 0 aliphatic rings. The fourth-order valence-corrected chi connectivity index (χ4v) is 3.41. The molecule has 0 spiro atoms. The first kappa shape index (κ1) is 24.0. The molecule has 2 amide bonds. The van der Waals surface area contributed by atoms with Gasteiger partial charge in [0.1, 0.15) is 5.75 Å². The van der Waals surface area contributed by atoms with Crippen LogP contribution in [0.15, 0.2) is 74.7 Å². The summed E-state index contributed by atoms with van der Waals surface area (Å²) in [6.07, 6.45) is 1.45. The second-order valence-corrected chi connectivity index (χ2v) is 8.93. The highest BCUT2D eigenvalue weighted by atomic mass is 79.9. The van der Waals surface area contributed by atoms with Crippen molar-refractivity contribution in [2.75, 3.05) is 11.9 Å². The molecule has 6 nitrogen and oxygen atoms in total. The Bertz CT molecular complexity index is 1170. The van der Waals surface area contributed by atoms with Crippen molar-refractivity contribution in [1.29, 1.82) is 0 Å². The van der Waals surface area contributed by atoms with Gasteiger partial charge in [0.15, 0.2) is 6.61 Å². The molecule has 0 atom stereocenters. The van der Waals surface area contributed by atoms with E-state index in [0.29, 0.717) is 27.6 Å². The zero-order valence-electron chi connectivity index (χ0n) is 16.9. The first-order valence-corrected chi connectivity index (χ1v) is 11.4. The summed E-state index contributed by atoms with van der Waals surface area (Å²) >= 11 is 12.8. The highest BCUT2D eigenvalue weighted by molar-refractivity contribution is 9.10. The third kappa shape index (κ3) is 6.91. The molecule has 0 saturated carbocycles. The van der Waals surface area contributed by atoms with Gasteiger partial charge >= 0.3 is 0 Å². The molecule has 2 N–H and O–H groups in total. The first-order chi connectivity index (χ1) is 15.3. The van der Waals surface area contributed by atoms with Gasteiger partial charge in [-0.1, -0.05) is 49.5 Å². The third-order valence-electron chi connectivity index (χ3n) is 4.26. The van der Waals surface area contributed by atoms with Gasteiger partial charge in [-0.15, -0.1) is 0 Å². The minimum absolute atomic E-state index is 0.209. The number of anilines is 1. The molecule has 0 unspecified atom stereocenters. The lowest BCUT2D eigenvalue weighted by atomic mass is 10.2. The van der Waals surface area contributed by atoms with Crippen LogP contribution in [0, 0.1) is 6.92 Å². The lowest BCUT2D eigenvalue weighted by Gasteiger charge is -2.11. The first-order valence-electron chi connectivity index (χ1n) is 9.39. The van der Waals surface area contributed by atoms with E-state index >= 15 is 0 Å². The van der Waals surface area contributed by atoms with Crippen LogP contribution >= 0.6 is 43.5 Å². The number of amides is 2. The highest BCUT2D eigenvalue weighted by Gasteiger charge is 2.09. The molecular formula is C23H18Br2ClN3O3. The van der Waals surface area contributed by atoms with Crippen molar-refractivity contribution in [3.63, 3.8) is 0 Å². The SMILES string of the molecule is Cc1ccc(NC(=O)COc2ccc(Br)cc2/C=N/NC(=O)c2ccc(Br)cc2)cc1Cl. The molecule has 0 aliphatic carbocycles. The number of hydrogen-bond acceptors (Lipinski definition) is 4. The molecule has 32 heavy (non-hydrogen) atoms. The summed E-state index contributed by atoms with van der Waals surface area (Å²) in [4.78, 5) is 24.5. The van der Waals surface area contributed by atoms with Crippen molar-refractivity contribution >= 4 is 67.2 Å². The van der Waals surface area contributed by atoms with E-state index in [1.807, 2.05) is 13.0 Å². The second-order valence-electron chi connectivity index (χ2n) is 6.69. The van der Waals surface area contributed by atoms with Crippen LogP contribution in [0.1, 0.15) is 21.5 Å². The maximum absolute atomic E-state index is 12.3. The van der Waals surface area contributed by atoms with Crippen LogP contribution in [-0.2, 0) is 4.79 Å². The van der Waals surface area contributed by atoms with Crippen LogP contribution in [0.5, 0.6) is 5.75 Å². The Morgan fingerprint density at radius 1 is 1.03 bits per heavy atom. The lowest BCUT2D eigenvalue weighted by Crippen LogP contribution is -2.20. The summed E-state index contributed by atoms with van der Waals surface area (Å²) in [5, 5.41) is 7.31. The number of carbonyl (C=O) groups excluding carboxylic acids is 2. The van der Waals surface area contributed by atoms with E-state index in [-0.39, 0.29) is 18.4 Å². The van der Waals surface area contributed by atoms with Gasteiger partial charge in [0.2, 0.25) is 0 Å². The van der Waals surface area contributed by atoms with Crippen molar-refractivity contribution < 1.29 is 14.3 Å². The van der Waals surface area contributed by atoms with Crippen molar-refractivity contribution in [1.82, 2.24) is 5.43 Å². The number of hydrogen-bond donors (Lipinski definition) is 2. The van der Waals surface area contributed by atoms with Crippen molar-refractivity contribution in [2.45, 2.75) is 6.92 Å². The van der Waals surface area contributed by atoms with E-state index in [1.54, 1.807) is 54.6 Å². The number of nitrogens with one attached hydrogen (secondary N) is 2. The standard InChI is InChI=1S/C23H18Br2ClN3O3/c1-14-2-8-19(11-20(14)26)28-22(30)13-32-21-9-7-18(25)10-16(21)12-27-29-23(31)15-3-5-17(24)6-4-15/h2-12H,13H2,1H3,(H,28,30)(H,29,31)/b27-12+. The number of halogens is 3. The van der Waals surface area contributed by atoms with E-state index in [4.69, 9.17) is 16.3 Å². The highest BCUT2D eigenvalue weighted by Crippen LogP contribution is 2.23. The van der Waals surface area contributed by atoms with E-state index in [2.05, 4.69) is 47.7 Å². The van der Waals surface area contributed by atoms with E-state index in [1.165, 1.54) is 6.21 Å². The second kappa shape index (κ2) is 11.3. The quantitative estimate of drug-likeness (QED) is 0.268. The van der Waals surface area contributed by atoms with Crippen LogP contribution < -0.4 is 15.5 Å². The zero-order chi connectivity index (χ0) is 23.1. The molecule has 3 rings (SSSR count). The van der Waals surface area contributed by atoms with Crippen LogP contribution in [0.2, 0.25) is 5.02 Å². The molecule has 0 bridgehead atoms. The van der Waals surface area contributed by atoms with E-state index < -0.39 is 0 Å². The Morgan fingerprint density at radius 3 is 2.47 bits per heavy atom. The molecular weight excluding hydrogens is 562 g/mol. The number of ether oxygens (including phenoxy) is 1. The van der Waals surface area contributed by atoms with Gasteiger partial charge in [0, 0.05) is 30.8 Å². The maximum atomic E-state index is 12.3. The molecule has 0 fully saturated rings. The van der Waals surface area contributed by atoms with Gasteiger partial charge in [-0.05, 0) is 67.1 Å². The van der Waals surface area contributed by atoms with Crippen molar-refractivity contribution in [2.24, 2.45) is 5.10 Å². The largest absolute Gasteiger partial charge is 0.483 e.